The molecule has 8 heteroatoms. The minimum Gasteiger partial charge on any atom is -0.389 e. The minimum atomic E-state index is -0.550. The summed E-state index contributed by atoms with van der Waals surface area (Å²) in [5.74, 6) is 0.820. The van der Waals surface area contributed by atoms with Crippen LogP contribution in [0.15, 0.2) is 42.5 Å². The van der Waals surface area contributed by atoms with E-state index in [0.29, 0.717) is 13.0 Å². The molecule has 1 saturated heterocycles. The van der Waals surface area contributed by atoms with Crippen molar-refractivity contribution in [3.05, 3.63) is 53.9 Å². The third-order valence-electron chi connectivity index (χ3n) is 5.23. The van der Waals surface area contributed by atoms with Crippen LogP contribution in [0.3, 0.4) is 0 Å². The fraction of sp³-hybridized carbons (Fsp3) is 0.524. The number of unbranched alkanes of at least 4 members (excludes halogenated alkanes) is 3. The van der Waals surface area contributed by atoms with Gasteiger partial charge >= 0.3 is 6.03 Å². The van der Waals surface area contributed by atoms with E-state index < -0.39 is 6.10 Å². The molecule has 0 saturated carbocycles. The molecule has 1 unspecified atom stereocenters. The molecule has 1 fully saturated rings. The highest BCUT2D eigenvalue weighted by molar-refractivity contribution is 5.77. The van der Waals surface area contributed by atoms with Gasteiger partial charge < -0.3 is 14.9 Å². The van der Waals surface area contributed by atoms with Gasteiger partial charge in [-0.2, -0.15) is 0 Å². The molecule has 2 atom stereocenters. The summed E-state index contributed by atoms with van der Waals surface area (Å²) in [5.41, 5.74) is 1.10. The molecule has 8 nitrogen and oxygen atoms in total. The summed E-state index contributed by atoms with van der Waals surface area (Å²) in [4.78, 5) is 16.1. The Labute approximate surface area is 171 Å². The summed E-state index contributed by atoms with van der Waals surface area (Å²) in [7, 11) is 1.83. The number of amides is 2. The van der Waals surface area contributed by atoms with Crippen molar-refractivity contribution in [2.24, 2.45) is 0 Å². The number of nitrogens with zero attached hydrogens (tertiary/aromatic N) is 5. The van der Waals surface area contributed by atoms with Crippen molar-refractivity contribution >= 4 is 6.03 Å². The average molecular weight is 399 g/mol. The summed E-state index contributed by atoms with van der Waals surface area (Å²) in [6.07, 6.45) is 8.80. The molecule has 0 aliphatic carbocycles. The predicted octanol–water partition coefficient (Wildman–Crippen LogP) is 2.20. The number of carbonyl (C=O) groups excluding carboxylic acids is 1. The standard InChI is InChI=1S/C21H30N6O2/c1-26-16-18(12-13-19(28)15-17-9-5-4-6-10-17)27(21(26)29)14-8-3-2-7-11-20-22-24-25-23-20/h4-6,9-10,12-13,18-19,28H,2-3,7-8,11,14-16H2,1H3,(H,22,23,24,25)/t18-,19?/m0/s1. The number of aromatic nitrogens is 4. The SMILES string of the molecule is CN1C[C@H](C=CC(O)Cc2ccccc2)N(CCCCCCc2nnn[nH]2)C1=O. The first-order valence-corrected chi connectivity index (χ1v) is 10.3. The molecule has 1 aliphatic rings. The zero-order chi connectivity index (χ0) is 20.5. The third-order valence-corrected chi connectivity index (χ3v) is 5.23. The van der Waals surface area contributed by atoms with E-state index in [1.54, 1.807) is 4.90 Å². The molecule has 2 N–H and O–H groups in total. The first-order chi connectivity index (χ1) is 14.1. The van der Waals surface area contributed by atoms with E-state index in [2.05, 4.69) is 20.6 Å². The lowest BCUT2D eigenvalue weighted by Gasteiger charge is -2.21. The van der Waals surface area contributed by atoms with Crippen molar-refractivity contribution < 1.29 is 9.90 Å². The Morgan fingerprint density at radius 1 is 1.24 bits per heavy atom. The summed E-state index contributed by atoms with van der Waals surface area (Å²) < 4.78 is 0. The first kappa shape index (κ1) is 21.0. The monoisotopic (exact) mass is 398 g/mol. The fourth-order valence-corrected chi connectivity index (χ4v) is 3.64. The highest BCUT2D eigenvalue weighted by Gasteiger charge is 2.32. The number of hydrogen-bond donors (Lipinski definition) is 2. The number of carbonyl (C=O) groups is 1. The number of urea groups is 1. The molecule has 1 aromatic heterocycles. The van der Waals surface area contributed by atoms with E-state index in [9.17, 15) is 9.90 Å². The second kappa shape index (κ2) is 10.7. The lowest BCUT2D eigenvalue weighted by molar-refractivity contribution is 0.193. The fourth-order valence-electron chi connectivity index (χ4n) is 3.64. The van der Waals surface area contributed by atoms with Gasteiger partial charge in [-0.1, -0.05) is 55.3 Å². The zero-order valence-electron chi connectivity index (χ0n) is 16.9. The molecule has 1 aromatic carbocycles. The van der Waals surface area contributed by atoms with Gasteiger partial charge in [-0.3, -0.25) is 0 Å². The van der Waals surface area contributed by atoms with E-state index in [1.165, 1.54) is 0 Å². The van der Waals surface area contributed by atoms with Crippen molar-refractivity contribution in [2.75, 3.05) is 20.1 Å². The average Bonchev–Trinajstić information content (AvgIpc) is 3.33. The molecule has 0 bridgehead atoms. The van der Waals surface area contributed by atoms with Crippen molar-refractivity contribution in [2.45, 2.75) is 50.7 Å². The predicted molar refractivity (Wildman–Crippen MR) is 110 cm³/mol. The van der Waals surface area contributed by atoms with Crippen LogP contribution in [0.4, 0.5) is 4.79 Å². The lowest BCUT2D eigenvalue weighted by atomic mass is 10.1. The van der Waals surface area contributed by atoms with E-state index in [0.717, 1.165) is 50.0 Å². The third kappa shape index (κ3) is 6.39. The Morgan fingerprint density at radius 2 is 2.03 bits per heavy atom. The number of aliphatic hydroxyl groups is 1. The normalized spacial score (nSPS) is 18.1. The number of H-pyrrole nitrogens is 1. The Kier molecular flexibility index (Phi) is 7.75. The molecule has 2 aromatic rings. The molecule has 156 valence electrons. The second-order valence-corrected chi connectivity index (χ2v) is 7.58. The van der Waals surface area contributed by atoms with E-state index in [4.69, 9.17) is 0 Å². The van der Waals surface area contributed by atoms with Crippen molar-refractivity contribution in [1.29, 1.82) is 0 Å². The van der Waals surface area contributed by atoms with Gasteiger partial charge in [-0.05, 0) is 28.8 Å². The molecule has 29 heavy (non-hydrogen) atoms. The van der Waals surface area contributed by atoms with E-state index in [-0.39, 0.29) is 12.1 Å². The molecular weight excluding hydrogens is 368 g/mol. The van der Waals surface area contributed by atoms with Crippen LogP contribution in [0.2, 0.25) is 0 Å². The molecule has 2 heterocycles. The van der Waals surface area contributed by atoms with Gasteiger partial charge in [-0.15, -0.1) is 5.10 Å². The number of hydrogen-bond acceptors (Lipinski definition) is 5. The Bertz CT molecular complexity index is 765. The van der Waals surface area contributed by atoms with E-state index in [1.807, 2.05) is 54.4 Å². The first-order valence-electron chi connectivity index (χ1n) is 10.3. The van der Waals surface area contributed by atoms with Gasteiger partial charge in [-0.25, -0.2) is 9.89 Å². The molecule has 3 rings (SSSR count). The van der Waals surface area contributed by atoms with Crippen LogP contribution in [0.5, 0.6) is 0 Å². The molecule has 0 spiro atoms. The number of tetrazole rings is 1. The number of nitrogens with one attached hydrogen (secondary N) is 1. The van der Waals surface area contributed by atoms with Gasteiger partial charge in [0.15, 0.2) is 0 Å². The van der Waals surface area contributed by atoms with Gasteiger partial charge in [0.1, 0.15) is 5.82 Å². The minimum absolute atomic E-state index is 0.0122. The lowest BCUT2D eigenvalue weighted by Crippen LogP contribution is -2.34. The maximum Gasteiger partial charge on any atom is 0.320 e. The topological polar surface area (TPSA) is 98.2 Å². The number of aromatic amines is 1. The van der Waals surface area contributed by atoms with Crippen molar-refractivity contribution in [3.63, 3.8) is 0 Å². The maximum absolute atomic E-state index is 12.5. The molecule has 0 radical (unpaired) electrons. The van der Waals surface area contributed by atoms with Crippen LogP contribution in [0.1, 0.15) is 37.1 Å². The highest BCUT2D eigenvalue weighted by Crippen LogP contribution is 2.18. The quantitative estimate of drug-likeness (QED) is 0.447. The summed E-state index contributed by atoms with van der Waals surface area (Å²) in [6, 6.07) is 10.0. The Balaban J connectivity index is 1.41. The van der Waals surface area contributed by atoms with Crippen LogP contribution < -0.4 is 0 Å². The van der Waals surface area contributed by atoms with Crippen LogP contribution in [0.25, 0.3) is 0 Å². The van der Waals surface area contributed by atoms with Gasteiger partial charge in [0, 0.05) is 33.0 Å². The van der Waals surface area contributed by atoms with Crippen LogP contribution >= 0.6 is 0 Å². The Hall–Kier alpha value is -2.74. The maximum atomic E-state index is 12.5. The largest absolute Gasteiger partial charge is 0.389 e. The molecule has 1 aliphatic heterocycles. The highest BCUT2D eigenvalue weighted by atomic mass is 16.3. The van der Waals surface area contributed by atoms with Crippen LogP contribution in [-0.2, 0) is 12.8 Å². The second-order valence-electron chi connectivity index (χ2n) is 7.58. The summed E-state index contributed by atoms with van der Waals surface area (Å²) in [5, 5.41) is 24.1. The van der Waals surface area contributed by atoms with Gasteiger partial charge in [0.2, 0.25) is 0 Å². The van der Waals surface area contributed by atoms with Gasteiger partial charge in [0.25, 0.3) is 0 Å². The molecule has 2 amide bonds. The Morgan fingerprint density at radius 3 is 2.79 bits per heavy atom. The van der Waals surface area contributed by atoms with Crippen molar-refractivity contribution in [3.8, 4) is 0 Å². The summed E-state index contributed by atoms with van der Waals surface area (Å²) >= 11 is 0. The smallest absolute Gasteiger partial charge is 0.320 e. The number of rotatable bonds is 11. The number of aryl methyl sites for hydroxylation is 1. The zero-order valence-corrected chi connectivity index (χ0v) is 16.9. The van der Waals surface area contributed by atoms with Gasteiger partial charge in [0.05, 0.1) is 12.1 Å². The van der Waals surface area contributed by atoms with E-state index >= 15 is 0 Å². The number of aliphatic hydroxyl groups excluding tert-OH is 1. The summed E-state index contributed by atoms with van der Waals surface area (Å²) in [6.45, 7) is 1.39. The van der Waals surface area contributed by atoms with Crippen molar-refractivity contribution in [1.82, 2.24) is 30.4 Å². The number of likely N-dealkylation sites (N-methyl/N-ethyl adjacent to an activating group) is 1. The van der Waals surface area contributed by atoms with Crippen LogP contribution in [-0.4, -0.2) is 73.8 Å². The number of benzene rings is 1. The van der Waals surface area contributed by atoms with Crippen LogP contribution in [0, 0.1) is 0 Å². The molecular formula is C21H30N6O2.